The van der Waals surface area contributed by atoms with Crippen molar-refractivity contribution in [1.82, 2.24) is 9.55 Å². The second-order valence-electron chi connectivity index (χ2n) is 4.49. The zero-order valence-corrected chi connectivity index (χ0v) is 12.7. The molecular weight excluding hydrogens is 302 g/mol. The summed E-state index contributed by atoms with van der Waals surface area (Å²) in [5, 5.41) is 37.6. The molecular formula is C11H19N3O6S. The summed E-state index contributed by atoms with van der Waals surface area (Å²) in [4.78, 5) is 13.5. The number of nitro groups is 1. The molecule has 9 nitrogen and oxygen atoms in total. The van der Waals surface area contributed by atoms with Crippen LogP contribution in [0.1, 0.15) is 6.92 Å². The average molecular weight is 321 g/mol. The lowest BCUT2D eigenvalue weighted by atomic mass is 10.1. The van der Waals surface area contributed by atoms with Gasteiger partial charge in [-0.1, -0.05) is 0 Å². The maximum atomic E-state index is 10.3. The average Bonchev–Trinajstić information content (AvgIpc) is 2.94. The number of hydrogen-bond acceptors (Lipinski definition) is 8. The molecule has 0 bridgehead atoms. The van der Waals surface area contributed by atoms with Gasteiger partial charge in [0, 0.05) is 7.05 Å². The highest BCUT2D eigenvalue weighted by atomic mass is 32.2. The van der Waals surface area contributed by atoms with Crippen molar-refractivity contribution < 1.29 is 25.0 Å². The highest BCUT2D eigenvalue weighted by molar-refractivity contribution is 7.98. The van der Waals surface area contributed by atoms with Crippen LogP contribution < -0.4 is 0 Å². The minimum atomic E-state index is -0.944. The van der Waals surface area contributed by atoms with Crippen molar-refractivity contribution in [2.75, 3.05) is 12.9 Å². The number of rotatable bonds is 3. The summed E-state index contributed by atoms with van der Waals surface area (Å²) < 4.78 is 6.61. The Hall–Kier alpha value is -1.20. The van der Waals surface area contributed by atoms with Gasteiger partial charge in [-0.2, -0.15) is 0 Å². The Bertz CT molecular complexity index is 483. The fourth-order valence-electron chi connectivity index (χ4n) is 1.85. The number of aliphatic hydroxyl groups is 3. The summed E-state index contributed by atoms with van der Waals surface area (Å²) in [7, 11) is 1.73. The molecule has 0 aliphatic carbocycles. The highest BCUT2D eigenvalue weighted by Gasteiger charge is 2.39. The van der Waals surface area contributed by atoms with E-state index in [4.69, 9.17) is 20.1 Å². The maximum absolute atomic E-state index is 10.3. The predicted molar refractivity (Wildman–Crippen MR) is 75.1 cm³/mol. The van der Waals surface area contributed by atoms with E-state index in [-0.39, 0.29) is 18.5 Å². The molecule has 1 unspecified atom stereocenters. The number of aliphatic hydroxyl groups excluding tert-OH is 3. The number of ether oxygens (including phenoxy) is 1. The van der Waals surface area contributed by atoms with Crippen molar-refractivity contribution in [1.29, 1.82) is 0 Å². The maximum Gasteiger partial charge on any atom is 0.395 e. The first kappa shape index (κ1) is 17.9. The van der Waals surface area contributed by atoms with E-state index in [1.165, 1.54) is 18.1 Å². The normalized spacial score (nSPS) is 28.1. The summed E-state index contributed by atoms with van der Waals surface area (Å²) in [6, 6.07) is 0. The quantitative estimate of drug-likeness (QED) is 0.387. The van der Waals surface area contributed by atoms with Crippen LogP contribution in [0.5, 0.6) is 0 Å². The van der Waals surface area contributed by atoms with Crippen molar-refractivity contribution in [2.45, 2.75) is 36.4 Å². The standard InChI is InChI=1S/C6H12O4.C5H7N3O2S/c1-3-5(8)6(9)4(2-7)10-3;1-7-3-6-4(8(9)10)5(7)11-2/h3-9H,2H2,1H3;3H,1-2H3/t3-,4+,5?,6-;/m0./s1. The van der Waals surface area contributed by atoms with Crippen LogP contribution >= 0.6 is 11.8 Å². The minimum absolute atomic E-state index is 0.0694. The first-order chi connectivity index (χ1) is 9.83. The van der Waals surface area contributed by atoms with Crippen LogP contribution in [0.4, 0.5) is 5.82 Å². The first-order valence-corrected chi connectivity index (χ1v) is 7.38. The van der Waals surface area contributed by atoms with Gasteiger partial charge in [0.2, 0.25) is 6.33 Å². The molecule has 0 radical (unpaired) electrons. The van der Waals surface area contributed by atoms with Crippen molar-refractivity contribution in [3.05, 3.63) is 16.4 Å². The topological polar surface area (TPSA) is 131 Å². The Morgan fingerprint density at radius 1 is 1.52 bits per heavy atom. The molecule has 2 heterocycles. The molecule has 10 heteroatoms. The molecule has 1 aromatic rings. The molecule has 1 fully saturated rings. The third-order valence-corrected chi connectivity index (χ3v) is 3.87. The lowest BCUT2D eigenvalue weighted by molar-refractivity contribution is -0.392. The van der Waals surface area contributed by atoms with Crippen molar-refractivity contribution in [3.63, 3.8) is 0 Å². The molecule has 1 aromatic heterocycles. The van der Waals surface area contributed by atoms with Crippen LogP contribution in [-0.2, 0) is 11.8 Å². The summed E-state index contributed by atoms with van der Waals surface area (Å²) in [5.74, 6) is -0.0694. The number of aromatic nitrogens is 2. The number of hydrogen-bond donors (Lipinski definition) is 3. The van der Waals surface area contributed by atoms with Crippen molar-refractivity contribution in [2.24, 2.45) is 7.05 Å². The van der Waals surface area contributed by atoms with Crippen LogP contribution in [0.3, 0.4) is 0 Å². The van der Waals surface area contributed by atoms with Crippen LogP contribution in [-0.4, -0.2) is 67.1 Å². The van der Waals surface area contributed by atoms with Gasteiger partial charge in [-0.25, -0.2) is 0 Å². The first-order valence-electron chi connectivity index (χ1n) is 6.15. The largest absolute Gasteiger partial charge is 0.395 e. The Kier molecular flexibility index (Phi) is 6.55. The third kappa shape index (κ3) is 4.14. The second-order valence-corrected chi connectivity index (χ2v) is 5.28. The Labute approximate surface area is 125 Å². The monoisotopic (exact) mass is 321 g/mol. The second kappa shape index (κ2) is 7.71. The summed E-state index contributed by atoms with van der Waals surface area (Å²) in [6.07, 6.45) is 0.405. The number of thioether (sulfide) groups is 1. The number of aryl methyl sites for hydroxylation is 1. The molecule has 1 saturated heterocycles. The molecule has 0 saturated carbocycles. The van der Waals surface area contributed by atoms with Crippen LogP contribution in [0.15, 0.2) is 11.4 Å². The van der Waals surface area contributed by atoms with Crippen LogP contribution in [0.25, 0.3) is 0 Å². The summed E-state index contributed by atoms with van der Waals surface area (Å²) in [5.41, 5.74) is 0. The van der Waals surface area contributed by atoms with Gasteiger partial charge in [0.15, 0.2) is 5.03 Å². The van der Waals surface area contributed by atoms with Gasteiger partial charge in [-0.05, 0) is 23.1 Å². The van der Waals surface area contributed by atoms with Crippen LogP contribution in [0.2, 0.25) is 0 Å². The zero-order valence-electron chi connectivity index (χ0n) is 11.9. The third-order valence-electron chi connectivity index (χ3n) is 3.01. The smallest absolute Gasteiger partial charge is 0.394 e. The lowest BCUT2D eigenvalue weighted by Crippen LogP contribution is -2.33. The molecule has 1 aliphatic heterocycles. The van der Waals surface area contributed by atoms with E-state index >= 15 is 0 Å². The SMILES string of the molecule is CSc1c([N+](=O)[O-])ncn1C.C[C@@H]1O[C@H](CO)[C@H](O)C1O. The summed E-state index contributed by atoms with van der Waals surface area (Å²) in [6.45, 7) is 1.41. The van der Waals surface area contributed by atoms with Crippen molar-refractivity contribution >= 4 is 17.6 Å². The number of nitrogens with zero attached hydrogens (tertiary/aromatic N) is 3. The van der Waals surface area contributed by atoms with E-state index in [0.717, 1.165) is 0 Å². The van der Waals surface area contributed by atoms with E-state index in [9.17, 15) is 10.1 Å². The fourth-order valence-corrected chi connectivity index (χ4v) is 2.50. The van der Waals surface area contributed by atoms with Crippen molar-refractivity contribution in [3.8, 4) is 0 Å². The van der Waals surface area contributed by atoms with Gasteiger partial charge < -0.3 is 34.7 Å². The molecule has 4 atom stereocenters. The molecule has 0 spiro atoms. The van der Waals surface area contributed by atoms with Gasteiger partial charge in [0.1, 0.15) is 18.3 Å². The molecule has 1 aliphatic rings. The highest BCUT2D eigenvalue weighted by Crippen LogP contribution is 2.24. The molecule has 0 aromatic carbocycles. The Morgan fingerprint density at radius 2 is 2.14 bits per heavy atom. The van der Waals surface area contributed by atoms with E-state index in [2.05, 4.69) is 4.98 Å². The lowest BCUT2D eigenvalue weighted by Gasteiger charge is -2.10. The van der Waals surface area contributed by atoms with E-state index < -0.39 is 23.2 Å². The fraction of sp³-hybridized carbons (Fsp3) is 0.727. The van der Waals surface area contributed by atoms with Gasteiger partial charge >= 0.3 is 5.82 Å². The molecule has 0 amide bonds. The number of imidazole rings is 1. The van der Waals surface area contributed by atoms with E-state index in [0.29, 0.717) is 5.03 Å². The molecule has 2 rings (SSSR count). The van der Waals surface area contributed by atoms with Gasteiger partial charge in [0.05, 0.1) is 12.7 Å². The molecule has 120 valence electrons. The Morgan fingerprint density at radius 3 is 2.43 bits per heavy atom. The molecule has 21 heavy (non-hydrogen) atoms. The van der Waals surface area contributed by atoms with Gasteiger partial charge in [-0.15, -0.1) is 11.8 Å². The van der Waals surface area contributed by atoms with Crippen LogP contribution in [0, 0.1) is 10.1 Å². The Balaban J connectivity index is 0.000000211. The minimum Gasteiger partial charge on any atom is -0.394 e. The summed E-state index contributed by atoms with van der Waals surface area (Å²) >= 11 is 1.32. The predicted octanol–water partition coefficient (Wildman–Crippen LogP) is -0.462. The van der Waals surface area contributed by atoms with E-state index in [1.54, 1.807) is 24.8 Å². The zero-order chi connectivity index (χ0) is 16.2. The van der Waals surface area contributed by atoms with Gasteiger partial charge in [0.25, 0.3) is 0 Å². The van der Waals surface area contributed by atoms with E-state index in [1.807, 2.05) is 0 Å². The molecule has 3 N–H and O–H groups in total. The van der Waals surface area contributed by atoms with Gasteiger partial charge in [-0.3, -0.25) is 0 Å².